The van der Waals surface area contributed by atoms with Crippen LogP contribution in [-0.4, -0.2) is 109 Å². The van der Waals surface area contributed by atoms with Crippen LogP contribution in [-0.2, 0) is 23.9 Å². The first kappa shape index (κ1) is 28.3. The van der Waals surface area contributed by atoms with Crippen LogP contribution in [0.15, 0.2) is 24.3 Å². The summed E-state index contributed by atoms with van der Waals surface area (Å²) in [5.41, 5.74) is 1.06. The Morgan fingerprint density at radius 3 is 2.59 bits per heavy atom. The van der Waals surface area contributed by atoms with Crippen molar-refractivity contribution >= 4 is 35.6 Å². The Hall–Kier alpha value is -3.71. The number of carbonyl (C=O) groups is 4. The highest BCUT2D eigenvalue weighted by Gasteiger charge is 2.35. The van der Waals surface area contributed by atoms with Gasteiger partial charge in [0.2, 0.25) is 5.91 Å². The Balaban J connectivity index is 1.24. The van der Waals surface area contributed by atoms with E-state index in [1.54, 1.807) is 36.3 Å². The van der Waals surface area contributed by atoms with Crippen LogP contribution in [0.3, 0.4) is 0 Å². The number of nitrogens with one attached hydrogen (secondary N) is 2. The summed E-state index contributed by atoms with van der Waals surface area (Å²) in [5.74, 6) is -0.704. The Kier molecular flexibility index (Phi) is 9.36. The summed E-state index contributed by atoms with van der Waals surface area (Å²) in [6.07, 6.45) is 1.40. The number of hydrogen-bond donors (Lipinski definition) is 2. The number of nitrogens with zero attached hydrogens (tertiary/aromatic N) is 4. The highest BCUT2D eigenvalue weighted by Crippen LogP contribution is 2.23. The minimum atomic E-state index is -0.705. The van der Waals surface area contributed by atoms with E-state index in [1.807, 2.05) is 11.8 Å². The van der Waals surface area contributed by atoms with Gasteiger partial charge in [-0.2, -0.15) is 0 Å². The van der Waals surface area contributed by atoms with Gasteiger partial charge < -0.3 is 19.2 Å². The molecule has 1 aromatic carbocycles. The van der Waals surface area contributed by atoms with E-state index >= 15 is 0 Å². The summed E-state index contributed by atoms with van der Waals surface area (Å²) in [5, 5.41) is 12.3. The first-order chi connectivity index (χ1) is 18.7. The summed E-state index contributed by atoms with van der Waals surface area (Å²) in [4.78, 5) is 59.1. The van der Waals surface area contributed by atoms with Crippen molar-refractivity contribution in [3.05, 3.63) is 29.8 Å². The zero-order chi connectivity index (χ0) is 27.9. The largest absolute Gasteiger partial charge is 0.465 e. The number of piperidine rings is 1. The molecule has 0 radical (unpaired) electrons. The lowest BCUT2D eigenvalue weighted by Crippen LogP contribution is -2.53. The Bertz CT molecular complexity index is 1080. The lowest BCUT2D eigenvalue weighted by Gasteiger charge is -2.34. The molecule has 3 heterocycles. The van der Waals surface area contributed by atoms with Crippen molar-refractivity contribution in [3.8, 4) is 0 Å². The highest BCUT2D eigenvalue weighted by molar-refractivity contribution is 6.04. The molecule has 13 nitrogen and oxygen atoms in total. The van der Waals surface area contributed by atoms with Crippen molar-refractivity contribution in [1.82, 2.24) is 20.2 Å². The Morgan fingerprint density at radius 1 is 1.13 bits per heavy atom. The quantitative estimate of drug-likeness (QED) is 0.283. The molecule has 3 saturated heterocycles. The van der Waals surface area contributed by atoms with Crippen molar-refractivity contribution in [1.29, 1.82) is 5.41 Å². The molecule has 13 heteroatoms. The first-order valence-electron chi connectivity index (χ1n) is 13.3. The van der Waals surface area contributed by atoms with Gasteiger partial charge in [0, 0.05) is 43.5 Å². The third-order valence-corrected chi connectivity index (χ3v) is 7.00. The smallest absolute Gasteiger partial charge is 0.431 e. The van der Waals surface area contributed by atoms with Gasteiger partial charge >= 0.3 is 18.2 Å². The number of esters is 1. The van der Waals surface area contributed by atoms with E-state index in [-0.39, 0.29) is 37.5 Å². The summed E-state index contributed by atoms with van der Waals surface area (Å²) in [6, 6.07) is 6.80. The maximum atomic E-state index is 12.5. The first-order valence-corrected chi connectivity index (χ1v) is 13.3. The molecule has 0 aromatic heterocycles. The number of hydroxylamine groups is 2. The molecule has 39 heavy (non-hydrogen) atoms. The van der Waals surface area contributed by atoms with Gasteiger partial charge in [-0.05, 0) is 51.0 Å². The number of piperazine rings is 1. The fourth-order valence-electron chi connectivity index (χ4n) is 4.88. The van der Waals surface area contributed by atoms with Gasteiger partial charge in [0.05, 0.1) is 19.7 Å². The summed E-state index contributed by atoms with van der Waals surface area (Å²) < 4.78 is 10.4. The summed E-state index contributed by atoms with van der Waals surface area (Å²) in [7, 11) is 0. The van der Waals surface area contributed by atoms with E-state index in [2.05, 4.69) is 5.32 Å². The molecule has 212 valence electrons. The number of amidine groups is 1. The molecule has 3 amide bonds. The van der Waals surface area contributed by atoms with Crippen LogP contribution in [0.1, 0.15) is 38.7 Å². The average molecular weight is 545 g/mol. The van der Waals surface area contributed by atoms with Crippen LogP contribution >= 0.6 is 0 Å². The Morgan fingerprint density at radius 2 is 1.90 bits per heavy atom. The van der Waals surface area contributed by atoms with Gasteiger partial charge in [-0.3, -0.25) is 30.1 Å². The maximum absolute atomic E-state index is 12.5. The lowest BCUT2D eigenvalue weighted by molar-refractivity contribution is -0.151. The second-order valence-corrected chi connectivity index (χ2v) is 9.88. The van der Waals surface area contributed by atoms with Crippen LogP contribution in [0.25, 0.3) is 0 Å². The standard InChI is InChI=1S/C26H36N6O7/c1-3-37-23(34)17-30-13-12-29(16-22(30)33)14-21-15-31(26(36)38-21)20-9-7-19(8-10-20)24(27)28-25(35)39-32-11-5-4-6-18(32)2/h7-10,18,21H,3-6,11-17H2,1-2H3,(H2,27,28,35). The molecule has 4 rings (SSSR count). The molecule has 3 fully saturated rings. The van der Waals surface area contributed by atoms with Gasteiger partial charge in [-0.15, -0.1) is 5.06 Å². The molecular formula is C26H36N6O7. The minimum Gasteiger partial charge on any atom is -0.465 e. The second-order valence-electron chi connectivity index (χ2n) is 9.88. The number of ether oxygens (including phenoxy) is 2. The van der Waals surface area contributed by atoms with Gasteiger partial charge in [-0.25, -0.2) is 9.59 Å². The number of hydrogen-bond acceptors (Lipinski definition) is 10. The topological polar surface area (TPSA) is 145 Å². The predicted molar refractivity (Wildman–Crippen MR) is 140 cm³/mol. The van der Waals surface area contributed by atoms with E-state index in [1.165, 1.54) is 9.80 Å². The van der Waals surface area contributed by atoms with Crippen LogP contribution in [0.2, 0.25) is 0 Å². The molecular weight excluding hydrogens is 508 g/mol. The molecule has 2 atom stereocenters. The van der Waals surface area contributed by atoms with E-state index < -0.39 is 24.3 Å². The third kappa shape index (κ3) is 7.45. The van der Waals surface area contributed by atoms with Crippen LogP contribution in [0.4, 0.5) is 15.3 Å². The van der Waals surface area contributed by atoms with Crippen LogP contribution in [0, 0.1) is 5.41 Å². The predicted octanol–water partition coefficient (Wildman–Crippen LogP) is 1.56. The number of benzene rings is 1. The lowest BCUT2D eigenvalue weighted by atomic mass is 10.1. The average Bonchev–Trinajstić information content (AvgIpc) is 3.27. The number of amides is 3. The number of cyclic esters (lactones) is 1. The molecule has 0 spiro atoms. The van der Waals surface area contributed by atoms with E-state index in [4.69, 9.17) is 19.7 Å². The van der Waals surface area contributed by atoms with Crippen molar-refractivity contribution in [2.45, 2.75) is 45.3 Å². The Labute approximate surface area is 227 Å². The number of rotatable bonds is 8. The normalized spacial score (nSPS) is 22.4. The molecule has 1 aromatic rings. The van der Waals surface area contributed by atoms with Gasteiger partial charge in [0.15, 0.2) is 0 Å². The van der Waals surface area contributed by atoms with E-state index in [9.17, 15) is 19.2 Å². The molecule has 0 saturated carbocycles. The van der Waals surface area contributed by atoms with Crippen molar-refractivity contribution in [2.24, 2.45) is 0 Å². The third-order valence-electron chi connectivity index (χ3n) is 7.00. The van der Waals surface area contributed by atoms with Crippen molar-refractivity contribution < 1.29 is 33.5 Å². The second kappa shape index (κ2) is 12.9. The SMILES string of the molecule is CCOC(=O)CN1CCN(CC2CN(c3ccc(C(=N)NC(=O)ON4CCCCC4C)cc3)C(=O)O2)CC1=O. The van der Waals surface area contributed by atoms with Gasteiger partial charge in [-0.1, -0.05) is 6.42 Å². The molecule has 2 N–H and O–H groups in total. The molecule has 3 aliphatic heterocycles. The zero-order valence-electron chi connectivity index (χ0n) is 22.4. The molecule has 0 aliphatic carbocycles. The van der Waals surface area contributed by atoms with Crippen molar-refractivity contribution in [2.75, 3.05) is 57.3 Å². The van der Waals surface area contributed by atoms with Crippen LogP contribution in [0.5, 0.6) is 0 Å². The highest BCUT2D eigenvalue weighted by atomic mass is 16.7. The molecule has 0 bridgehead atoms. The van der Waals surface area contributed by atoms with Gasteiger partial charge in [0.25, 0.3) is 0 Å². The van der Waals surface area contributed by atoms with Crippen LogP contribution < -0.4 is 10.2 Å². The van der Waals surface area contributed by atoms with Crippen molar-refractivity contribution in [3.63, 3.8) is 0 Å². The van der Waals surface area contributed by atoms with E-state index in [0.29, 0.717) is 44.0 Å². The number of anilines is 1. The fourth-order valence-corrected chi connectivity index (χ4v) is 4.88. The minimum absolute atomic E-state index is 0.0610. The zero-order valence-corrected chi connectivity index (χ0v) is 22.4. The fraction of sp³-hybridized carbons (Fsp3) is 0.577. The van der Waals surface area contributed by atoms with Gasteiger partial charge in [0.1, 0.15) is 18.5 Å². The summed E-state index contributed by atoms with van der Waals surface area (Å²) in [6.45, 7) is 6.39. The molecule has 2 unspecified atom stereocenters. The number of carbonyl (C=O) groups excluding carboxylic acids is 4. The maximum Gasteiger partial charge on any atom is 0.431 e. The monoisotopic (exact) mass is 544 g/mol. The molecule has 3 aliphatic rings. The van der Waals surface area contributed by atoms with E-state index in [0.717, 1.165) is 19.3 Å². The summed E-state index contributed by atoms with van der Waals surface area (Å²) >= 11 is 0.